The van der Waals surface area contributed by atoms with Crippen molar-refractivity contribution in [2.75, 3.05) is 11.9 Å². The SMILES string of the molecule is Cc1cc(Cl)ccc1OC(C)C(=O)Nc1ccccc1OCC(F)(F)F. The summed E-state index contributed by atoms with van der Waals surface area (Å²) in [6, 6.07) is 10.8. The number of alkyl halides is 3. The Balaban J connectivity index is 2.04. The number of amides is 1. The fourth-order valence-corrected chi connectivity index (χ4v) is 2.31. The van der Waals surface area contributed by atoms with Crippen LogP contribution in [0.4, 0.5) is 18.9 Å². The zero-order chi connectivity index (χ0) is 19.3. The van der Waals surface area contributed by atoms with Gasteiger partial charge in [-0.1, -0.05) is 23.7 Å². The number of hydrogen-bond donors (Lipinski definition) is 1. The van der Waals surface area contributed by atoms with E-state index in [2.05, 4.69) is 5.32 Å². The Morgan fingerprint density at radius 3 is 2.54 bits per heavy atom. The van der Waals surface area contributed by atoms with Crippen LogP contribution in [0.1, 0.15) is 12.5 Å². The number of carbonyl (C=O) groups is 1. The van der Waals surface area contributed by atoms with Crippen molar-refractivity contribution in [1.29, 1.82) is 0 Å². The molecule has 0 aromatic heterocycles. The summed E-state index contributed by atoms with van der Waals surface area (Å²) in [6.07, 6.45) is -5.36. The first kappa shape index (κ1) is 19.9. The summed E-state index contributed by atoms with van der Waals surface area (Å²) < 4.78 is 47.3. The molecular weight excluding hydrogens is 371 g/mol. The monoisotopic (exact) mass is 387 g/mol. The highest BCUT2D eigenvalue weighted by Crippen LogP contribution is 2.27. The number of rotatable bonds is 6. The van der Waals surface area contributed by atoms with E-state index in [1.807, 2.05) is 0 Å². The first-order chi connectivity index (χ1) is 12.2. The normalized spacial score (nSPS) is 12.4. The predicted molar refractivity (Wildman–Crippen MR) is 92.9 cm³/mol. The Hall–Kier alpha value is -2.41. The number of para-hydroxylation sites is 2. The fourth-order valence-electron chi connectivity index (χ4n) is 2.08. The van der Waals surface area contributed by atoms with Crippen molar-refractivity contribution in [1.82, 2.24) is 0 Å². The van der Waals surface area contributed by atoms with E-state index in [-0.39, 0.29) is 11.4 Å². The van der Waals surface area contributed by atoms with E-state index in [0.717, 1.165) is 5.56 Å². The molecule has 4 nitrogen and oxygen atoms in total. The molecule has 0 heterocycles. The van der Waals surface area contributed by atoms with Gasteiger partial charge in [0.1, 0.15) is 11.5 Å². The van der Waals surface area contributed by atoms with E-state index in [1.54, 1.807) is 31.2 Å². The maximum atomic E-state index is 12.3. The Labute approximate surface area is 153 Å². The number of benzene rings is 2. The van der Waals surface area contributed by atoms with E-state index in [9.17, 15) is 18.0 Å². The van der Waals surface area contributed by atoms with Crippen LogP contribution in [0.15, 0.2) is 42.5 Å². The first-order valence-electron chi connectivity index (χ1n) is 7.68. The molecule has 0 spiro atoms. The van der Waals surface area contributed by atoms with Gasteiger partial charge in [0.05, 0.1) is 5.69 Å². The average Bonchev–Trinajstić information content (AvgIpc) is 2.55. The third-order valence-electron chi connectivity index (χ3n) is 3.35. The van der Waals surface area contributed by atoms with Crippen molar-refractivity contribution < 1.29 is 27.4 Å². The van der Waals surface area contributed by atoms with E-state index < -0.39 is 24.8 Å². The molecule has 0 fully saturated rings. The van der Waals surface area contributed by atoms with Gasteiger partial charge < -0.3 is 14.8 Å². The van der Waals surface area contributed by atoms with E-state index >= 15 is 0 Å². The van der Waals surface area contributed by atoms with Crippen LogP contribution in [0.2, 0.25) is 5.02 Å². The van der Waals surface area contributed by atoms with Crippen LogP contribution in [-0.2, 0) is 4.79 Å². The average molecular weight is 388 g/mol. The molecule has 2 aromatic rings. The number of nitrogens with one attached hydrogen (secondary N) is 1. The molecular formula is C18H17ClF3NO3. The largest absolute Gasteiger partial charge is 0.482 e. The molecule has 26 heavy (non-hydrogen) atoms. The molecule has 1 unspecified atom stereocenters. The number of carbonyl (C=O) groups excluding carboxylic acids is 1. The second-order valence-electron chi connectivity index (χ2n) is 5.56. The maximum absolute atomic E-state index is 12.3. The minimum absolute atomic E-state index is 0.0759. The maximum Gasteiger partial charge on any atom is 0.422 e. The topological polar surface area (TPSA) is 47.6 Å². The zero-order valence-electron chi connectivity index (χ0n) is 14.1. The van der Waals surface area contributed by atoms with Crippen molar-refractivity contribution in [3.63, 3.8) is 0 Å². The van der Waals surface area contributed by atoms with Gasteiger partial charge >= 0.3 is 6.18 Å². The molecule has 0 saturated carbocycles. The number of halogens is 4. The summed E-state index contributed by atoms with van der Waals surface area (Å²) in [5, 5.41) is 3.06. The molecule has 0 radical (unpaired) electrons. The van der Waals surface area contributed by atoms with E-state index in [1.165, 1.54) is 25.1 Å². The van der Waals surface area contributed by atoms with Crippen LogP contribution in [0.3, 0.4) is 0 Å². The summed E-state index contributed by atoms with van der Waals surface area (Å²) in [7, 11) is 0. The molecule has 2 rings (SSSR count). The summed E-state index contributed by atoms with van der Waals surface area (Å²) in [5.41, 5.74) is 0.885. The van der Waals surface area contributed by atoms with Crippen LogP contribution >= 0.6 is 11.6 Å². The highest BCUT2D eigenvalue weighted by atomic mass is 35.5. The van der Waals surface area contributed by atoms with Gasteiger partial charge in [0.25, 0.3) is 5.91 Å². The highest BCUT2D eigenvalue weighted by Gasteiger charge is 2.29. The van der Waals surface area contributed by atoms with Gasteiger partial charge in [-0.05, 0) is 49.7 Å². The third-order valence-corrected chi connectivity index (χ3v) is 3.58. The van der Waals surface area contributed by atoms with Gasteiger partial charge in [-0.15, -0.1) is 0 Å². The lowest BCUT2D eigenvalue weighted by molar-refractivity contribution is -0.153. The van der Waals surface area contributed by atoms with Crippen molar-refractivity contribution in [3.8, 4) is 11.5 Å². The Bertz CT molecular complexity index is 781. The lowest BCUT2D eigenvalue weighted by Gasteiger charge is -2.18. The number of hydrogen-bond acceptors (Lipinski definition) is 3. The molecule has 1 N–H and O–H groups in total. The summed E-state index contributed by atoms with van der Waals surface area (Å²) in [5.74, 6) is -0.117. The number of anilines is 1. The molecule has 2 aromatic carbocycles. The van der Waals surface area contributed by atoms with Crippen LogP contribution in [0.25, 0.3) is 0 Å². The minimum atomic E-state index is -4.47. The van der Waals surface area contributed by atoms with Crippen molar-refractivity contribution in [3.05, 3.63) is 53.1 Å². The van der Waals surface area contributed by atoms with Crippen molar-refractivity contribution in [2.45, 2.75) is 26.1 Å². The molecule has 8 heteroatoms. The summed E-state index contributed by atoms with van der Waals surface area (Å²) >= 11 is 5.87. The second kappa shape index (κ2) is 8.31. The lowest BCUT2D eigenvalue weighted by Crippen LogP contribution is -2.30. The van der Waals surface area contributed by atoms with Gasteiger partial charge in [-0.2, -0.15) is 13.2 Å². The number of ether oxygens (including phenoxy) is 2. The quantitative estimate of drug-likeness (QED) is 0.759. The highest BCUT2D eigenvalue weighted by molar-refractivity contribution is 6.30. The summed E-state index contributed by atoms with van der Waals surface area (Å²) in [4.78, 5) is 12.3. The van der Waals surface area contributed by atoms with Gasteiger partial charge in [0.15, 0.2) is 12.7 Å². The Kier molecular flexibility index (Phi) is 6.37. The van der Waals surface area contributed by atoms with Crippen LogP contribution in [0, 0.1) is 6.92 Å². The first-order valence-corrected chi connectivity index (χ1v) is 8.06. The van der Waals surface area contributed by atoms with Gasteiger partial charge in [-0.3, -0.25) is 4.79 Å². The Morgan fingerprint density at radius 2 is 1.88 bits per heavy atom. The molecule has 0 aliphatic heterocycles. The predicted octanol–water partition coefficient (Wildman–Crippen LogP) is 5.00. The third kappa shape index (κ3) is 5.84. The number of aryl methyl sites for hydroxylation is 1. The van der Waals surface area contributed by atoms with Crippen LogP contribution in [-0.4, -0.2) is 24.8 Å². The molecule has 1 atom stereocenters. The lowest BCUT2D eigenvalue weighted by atomic mass is 10.2. The van der Waals surface area contributed by atoms with Gasteiger partial charge in [0.2, 0.25) is 0 Å². The standard InChI is InChI=1S/C18H17ClF3NO3/c1-11-9-13(19)7-8-15(11)26-12(2)17(24)23-14-5-3-4-6-16(14)25-10-18(20,21)22/h3-9,12H,10H2,1-2H3,(H,23,24). The summed E-state index contributed by atoms with van der Waals surface area (Å²) in [6.45, 7) is 1.87. The van der Waals surface area contributed by atoms with E-state index in [0.29, 0.717) is 10.8 Å². The molecule has 0 bridgehead atoms. The Morgan fingerprint density at radius 1 is 1.19 bits per heavy atom. The molecule has 0 saturated heterocycles. The van der Waals surface area contributed by atoms with Crippen molar-refractivity contribution >= 4 is 23.2 Å². The molecule has 1 amide bonds. The van der Waals surface area contributed by atoms with Gasteiger partial charge in [-0.25, -0.2) is 0 Å². The molecule has 140 valence electrons. The van der Waals surface area contributed by atoms with E-state index in [4.69, 9.17) is 21.1 Å². The minimum Gasteiger partial charge on any atom is -0.482 e. The second-order valence-corrected chi connectivity index (χ2v) is 6.00. The van der Waals surface area contributed by atoms with Crippen LogP contribution in [0.5, 0.6) is 11.5 Å². The zero-order valence-corrected chi connectivity index (χ0v) is 14.8. The fraction of sp³-hybridized carbons (Fsp3) is 0.278. The van der Waals surface area contributed by atoms with Crippen molar-refractivity contribution in [2.24, 2.45) is 0 Å². The molecule has 0 aliphatic carbocycles. The molecule has 0 aliphatic rings. The van der Waals surface area contributed by atoms with Gasteiger partial charge in [0, 0.05) is 5.02 Å². The van der Waals surface area contributed by atoms with Crippen LogP contribution < -0.4 is 14.8 Å². The smallest absolute Gasteiger partial charge is 0.422 e.